The van der Waals surface area contributed by atoms with E-state index in [1.165, 1.54) is 9.44 Å². The van der Waals surface area contributed by atoms with Crippen LogP contribution in [0, 0.1) is 0 Å². The number of hydrogen-bond donors (Lipinski definition) is 0. The van der Waals surface area contributed by atoms with E-state index in [-0.39, 0.29) is 11.7 Å². The number of ether oxygens (including phenoxy) is 1. The molecule has 29 heavy (non-hydrogen) atoms. The summed E-state index contributed by atoms with van der Waals surface area (Å²) in [6.07, 6.45) is 4.69. The smallest absolute Gasteiger partial charge is 0.329 e. The maximum atomic E-state index is 13.7. The number of nitrogens with zero attached hydrogens (tertiary/aromatic N) is 2. The number of aryl methyl sites for hydroxylation is 2. The van der Waals surface area contributed by atoms with Crippen molar-refractivity contribution in [1.82, 2.24) is 9.55 Å². The molecular formula is C23H26N2O3S. The van der Waals surface area contributed by atoms with Crippen LogP contribution in [0.3, 0.4) is 0 Å². The number of aromatic nitrogens is 2. The molecular weight excluding hydrogens is 384 g/mol. The van der Waals surface area contributed by atoms with E-state index in [1.807, 2.05) is 44.2 Å². The maximum absolute atomic E-state index is 13.7. The number of thiophene rings is 1. The number of hydrogen-bond acceptors (Lipinski definition) is 5. The second-order valence-electron chi connectivity index (χ2n) is 7.70. The third-order valence-corrected chi connectivity index (χ3v) is 6.86. The van der Waals surface area contributed by atoms with Crippen LogP contribution in [0.5, 0.6) is 0 Å². The molecule has 2 atom stereocenters. The lowest BCUT2D eigenvalue weighted by molar-refractivity contribution is -0.151. The standard InChI is InChI=1S/C23H26N2O3S/c1-4-14(2)28-23(27)15(3)25-20(16-10-6-5-7-11-16)24-21-19(22(25)26)17-12-8-9-13-18(17)29-21/h5-7,10-11,14-15H,4,8-9,12-13H2,1-3H3. The van der Waals surface area contributed by atoms with Crippen LogP contribution in [0.15, 0.2) is 35.1 Å². The van der Waals surface area contributed by atoms with Crippen LogP contribution in [0.1, 0.15) is 56.5 Å². The summed E-state index contributed by atoms with van der Waals surface area (Å²) in [6, 6.07) is 8.85. The summed E-state index contributed by atoms with van der Waals surface area (Å²) in [5.41, 5.74) is 1.81. The first kappa shape index (κ1) is 19.8. The summed E-state index contributed by atoms with van der Waals surface area (Å²) in [5.74, 6) is 0.124. The molecule has 0 radical (unpaired) electrons. The summed E-state index contributed by atoms with van der Waals surface area (Å²) in [5, 5.41) is 0.688. The lowest BCUT2D eigenvalue weighted by Crippen LogP contribution is -2.33. The largest absolute Gasteiger partial charge is 0.461 e. The minimum Gasteiger partial charge on any atom is -0.461 e. The van der Waals surface area contributed by atoms with Crippen LogP contribution in [0.4, 0.5) is 0 Å². The second kappa shape index (κ2) is 8.11. The van der Waals surface area contributed by atoms with Crippen molar-refractivity contribution in [2.75, 3.05) is 0 Å². The fraction of sp³-hybridized carbons (Fsp3) is 0.435. The van der Waals surface area contributed by atoms with Crippen LogP contribution in [0.2, 0.25) is 0 Å². The fourth-order valence-electron chi connectivity index (χ4n) is 3.85. The normalized spacial score (nSPS) is 15.7. The Bertz CT molecular complexity index is 1100. The van der Waals surface area contributed by atoms with Gasteiger partial charge in [-0.1, -0.05) is 37.3 Å². The van der Waals surface area contributed by atoms with Gasteiger partial charge in [0.25, 0.3) is 5.56 Å². The van der Waals surface area contributed by atoms with Crippen molar-refractivity contribution in [3.8, 4) is 11.4 Å². The molecule has 0 saturated heterocycles. The molecule has 1 aliphatic rings. The molecule has 3 aromatic rings. The Labute approximate surface area is 174 Å². The predicted molar refractivity (Wildman–Crippen MR) is 117 cm³/mol. The fourth-order valence-corrected chi connectivity index (χ4v) is 5.10. The summed E-state index contributed by atoms with van der Waals surface area (Å²) >= 11 is 1.63. The Hall–Kier alpha value is -2.47. The van der Waals surface area contributed by atoms with Crippen LogP contribution >= 0.6 is 11.3 Å². The number of benzene rings is 1. The molecule has 4 rings (SSSR count). The highest BCUT2D eigenvalue weighted by atomic mass is 32.1. The first-order valence-corrected chi connectivity index (χ1v) is 11.2. The molecule has 1 aromatic carbocycles. The molecule has 152 valence electrons. The Kier molecular flexibility index (Phi) is 5.54. The van der Waals surface area contributed by atoms with E-state index in [1.54, 1.807) is 18.3 Å². The van der Waals surface area contributed by atoms with E-state index in [0.29, 0.717) is 11.2 Å². The Morgan fingerprint density at radius 3 is 2.66 bits per heavy atom. The summed E-state index contributed by atoms with van der Waals surface area (Å²) in [7, 11) is 0. The van der Waals surface area contributed by atoms with Gasteiger partial charge in [-0.2, -0.15) is 0 Å². The molecule has 0 N–H and O–H groups in total. The highest BCUT2D eigenvalue weighted by Crippen LogP contribution is 2.35. The zero-order chi connectivity index (χ0) is 20.5. The average Bonchev–Trinajstić information content (AvgIpc) is 3.12. The van der Waals surface area contributed by atoms with Gasteiger partial charge in [-0.15, -0.1) is 11.3 Å². The minimum absolute atomic E-state index is 0.137. The van der Waals surface area contributed by atoms with Gasteiger partial charge in [0.05, 0.1) is 11.5 Å². The van der Waals surface area contributed by atoms with E-state index in [2.05, 4.69) is 0 Å². The minimum atomic E-state index is -0.747. The van der Waals surface area contributed by atoms with Crippen LogP contribution in [0.25, 0.3) is 21.6 Å². The van der Waals surface area contributed by atoms with E-state index >= 15 is 0 Å². The quantitative estimate of drug-likeness (QED) is 0.561. The molecule has 2 aromatic heterocycles. The van der Waals surface area contributed by atoms with Crippen molar-refractivity contribution in [2.45, 2.75) is 65.0 Å². The van der Waals surface area contributed by atoms with E-state index in [4.69, 9.17) is 9.72 Å². The van der Waals surface area contributed by atoms with E-state index in [9.17, 15) is 9.59 Å². The molecule has 0 spiro atoms. The third-order valence-electron chi connectivity index (χ3n) is 5.67. The molecule has 0 amide bonds. The molecule has 0 fully saturated rings. The van der Waals surface area contributed by atoms with Crippen molar-refractivity contribution >= 4 is 27.5 Å². The number of rotatable bonds is 5. The summed E-state index contributed by atoms with van der Waals surface area (Å²) in [4.78, 5) is 33.4. The lowest BCUT2D eigenvalue weighted by atomic mass is 9.97. The van der Waals surface area contributed by atoms with Gasteiger partial charge in [0.1, 0.15) is 16.7 Å². The van der Waals surface area contributed by atoms with Crippen LogP contribution < -0.4 is 5.56 Å². The molecule has 2 heterocycles. The molecule has 5 nitrogen and oxygen atoms in total. The number of carbonyl (C=O) groups excluding carboxylic acids is 1. The van der Waals surface area contributed by atoms with Crippen molar-refractivity contribution < 1.29 is 9.53 Å². The average molecular weight is 411 g/mol. The number of esters is 1. The van der Waals surface area contributed by atoms with Crippen molar-refractivity contribution in [1.29, 1.82) is 0 Å². The maximum Gasteiger partial charge on any atom is 0.329 e. The Balaban J connectivity index is 1.93. The molecule has 0 saturated carbocycles. The van der Waals surface area contributed by atoms with Gasteiger partial charge in [-0.25, -0.2) is 9.78 Å². The van der Waals surface area contributed by atoms with Crippen LogP contribution in [-0.4, -0.2) is 21.6 Å². The third kappa shape index (κ3) is 3.62. The van der Waals surface area contributed by atoms with E-state index < -0.39 is 12.0 Å². The van der Waals surface area contributed by atoms with Gasteiger partial charge in [0.15, 0.2) is 0 Å². The van der Waals surface area contributed by atoms with Gasteiger partial charge in [0.2, 0.25) is 0 Å². The van der Waals surface area contributed by atoms with Gasteiger partial charge in [-0.3, -0.25) is 9.36 Å². The van der Waals surface area contributed by atoms with Gasteiger partial charge < -0.3 is 4.74 Å². The summed E-state index contributed by atoms with van der Waals surface area (Å²) < 4.78 is 7.08. The Morgan fingerprint density at radius 1 is 1.21 bits per heavy atom. The monoisotopic (exact) mass is 410 g/mol. The molecule has 2 unspecified atom stereocenters. The van der Waals surface area contributed by atoms with Crippen molar-refractivity contribution in [2.24, 2.45) is 0 Å². The summed E-state index contributed by atoms with van der Waals surface area (Å²) in [6.45, 7) is 5.56. The molecule has 1 aliphatic carbocycles. The first-order valence-electron chi connectivity index (χ1n) is 10.3. The number of fused-ring (bicyclic) bond motifs is 3. The molecule has 0 aliphatic heterocycles. The first-order chi connectivity index (χ1) is 14.0. The lowest BCUT2D eigenvalue weighted by Gasteiger charge is -2.20. The highest BCUT2D eigenvalue weighted by Gasteiger charge is 2.28. The second-order valence-corrected chi connectivity index (χ2v) is 8.78. The zero-order valence-corrected chi connectivity index (χ0v) is 17.9. The topological polar surface area (TPSA) is 61.2 Å². The van der Waals surface area contributed by atoms with Gasteiger partial charge in [-0.05, 0) is 51.5 Å². The van der Waals surface area contributed by atoms with E-state index in [0.717, 1.165) is 48.1 Å². The zero-order valence-electron chi connectivity index (χ0n) is 17.1. The Morgan fingerprint density at radius 2 is 1.93 bits per heavy atom. The van der Waals surface area contributed by atoms with Crippen molar-refractivity contribution in [3.63, 3.8) is 0 Å². The predicted octanol–water partition coefficient (Wildman–Crippen LogP) is 4.91. The van der Waals surface area contributed by atoms with Gasteiger partial charge in [0, 0.05) is 10.4 Å². The number of carbonyl (C=O) groups is 1. The molecule has 6 heteroatoms. The van der Waals surface area contributed by atoms with Gasteiger partial charge >= 0.3 is 5.97 Å². The van der Waals surface area contributed by atoms with Crippen molar-refractivity contribution in [3.05, 3.63) is 51.1 Å². The SMILES string of the molecule is CCC(C)OC(=O)C(C)n1c(-c2ccccc2)nc2sc3c(c2c1=O)CCCC3. The van der Waals surface area contributed by atoms with Crippen LogP contribution in [-0.2, 0) is 22.4 Å². The highest BCUT2D eigenvalue weighted by molar-refractivity contribution is 7.18. The molecule has 0 bridgehead atoms.